The van der Waals surface area contributed by atoms with E-state index in [2.05, 4.69) is 10.0 Å². The van der Waals surface area contributed by atoms with Gasteiger partial charge in [0.25, 0.3) is 5.91 Å². The fourth-order valence-corrected chi connectivity index (χ4v) is 2.78. The van der Waals surface area contributed by atoms with Crippen LogP contribution >= 0.6 is 0 Å². The Bertz CT molecular complexity index is 643. The van der Waals surface area contributed by atoms with Gasteiger partial charge in [-0.15, -0.1) is 0 Å². The number of hydrogen-bond donors (Lipinski definition) is 2. The maximum Gasteiger partial charge on any atom is 0.265 e. The van der Waals surface area contributed by atoms with E-state index in [9.17, 15) is 14.3 Å². The highest BCUT2D eigenvalue weighted by molar-refractivity contribution is 7.84. The molecule has 1 unspecified atom stereocenters. The van der Waals surface area contributed by atoms with Gasteiger partial charge in [-0.3, -0.25) is 4.79 Å². The van der Waals surface area contributed by atoms with E-state index < -0.39 is 27.2 Å². The molecular weight excluding hydrogens is 274 g/mol. The molecule has 2 N–H and O–H groups in total. The van der Waals surface area contributed by atoms with E-state index in [1.165, 1.54) is 0 Å². The van der Waals surface area contributed by atoms with Crippen molar-refractivity contribution < 1.29 is 9.00 Å². The normalized spacial score (nSPS) is 22.9. The predicted octanol–water partition coefficient (Wildman–Crippen LogP) is 1.72. The van der Waals surface area contributed by atoms with Crippen LogP contribution in [0, 0.1) is 18.3 Å². The number of carbonyl (C=O) groups excluding carboxylic acids is 1. The molecule has 0 fully saturated rings. The van der Waals surface area contributed by atoms with Crippen LogP contribution in [0.2, 0.25) is 0 Å². The highest BCUT2D eigenvalue weighted by Gasteiger charge is 2.49. The van der Waals surface area contributed by atoms with Crippen LogP contribution in [-0.4, -0.2) is 14.9 Å². The zero-order valence-corrected chi connectivity index (χ0v) is 12.7. The van der Waals surface area contributed by atoms with Crippen molar-refractivity contribution in [2.24, 2.45) is 0 Å². The van der Waals surface area contributed by atoms with Crippen molar-refractivity contribution in [3.63, 3.8) is 0 Å². The molecule has 1 aromatic carbocycles. The maximum atomic E-state index is 12.3. The zero-order valence-electron chi connectivity index (χ0n) is 11.9. The first kappa shape index (κ1) is 14.7. The first-order chi connectivity index (χ1) is 9.20. The maximum absolute atomic E-state index is 12.3. The lowest BCUT2D eigenvalue weighted by atomic mass is 9.93. The van der Waals surface area contributed by atoms with Gasteiger partial charge in [-0.2, -0.15) is 5.26 Å². The van der Waals surface area contributed by atoms with E-state index in [-0.39, 0.29) is 0 Å². The highest BCUT2D eigenvalue weighted by Crippen LogP contribution is 2.37. The van der Waals surface area contributed by atoms with Gasteiger partial charge in [0, 0.05) is 11.3 Å². The standard InChI is InChI=1S/C14H17N3O2S/c1-9-5-6-11-10(7-9)14(8-15,12(18)16-11)17-20(19)13(2,3)4/h5-7,17H,1-4H3,(H,16,18)/t14-,20?/m1/s1. The average molecular weight is 291 g/mol. The van der Waals surface area contributed by atoms with Crippen molar-refractivity contribution in [2.75, 3.05) is 5.32 Å². The Morgan fingerprint density at radius 2 is 2.05 bits per heavy atom. The SMILES string of the molecule is Cc1ccc2c(c1)[C@@](C#N)(NS(=O)C(C)(C)C)C(=O)N2. The number of amides is 1. The topological polar surface area (TPSA) is 82.0 Å². The number of aryl methyl sites for hydroxylation is 1. The molecule has 0 saturated heterocycles. The average Bonchev–Trinajstić information content (AvgIpc) is 2.61. The molecule has 1 amide bonds. The largest absolute Gasteiger partial charge is 0.323 e. The summed E-state index contributed by atoms with van der Waals surface area (Å²) < 4.78 is 14.4. The second kappa shape index (κ2) is 4.69. The van der Waals surface area contributed by atoms with Crippen molar-refractivity contribution in [1.82, 2.24) is 4.72 Å². The lowest BCUT2D eigenvalue weighted by Crippen LogP contribution is -2.51. The van der Waals surface area contributed by atoms with Gasteiger partial charge in [0.1, 0.15) is 6.07 Å². The summed E-state index contributed by atoms with van der Waals surface area (Å²) in [4.78, 5) is 12.2. The summed E-state index contributed by atoms with van der Waals surface area (Å²) >= 11 is 0. The van der Waals surface area contributed by atoms with Crippen LogP contribution in [0.4, 0.5) is 5.69 Å². The molecule has 0 radical (unpaired) electrons. The van der Waals surface area contributed by atoms with E-state index >= 15 is 0 Å². The number of fused-ring (bicyclic) bond motifs is 1. The van der Waals surface area contributed by atoms with Gasteiger partial charge in [-0.05, 0) is 33.8 Å². The van der Waals surface area contributed by atoms with Crippen molar-refractivity contribution in [1.29, 1.82) is 5.26 Å². The van der Waals surface area contributed by atoms with Gasteiger partial charge < -0.3 is 5.32 Å². The number of nitriles is 1. The van der Waals surface area contributed by atoms with E-state index in [1.807, 2.05) is 19.1 Å². The van der Waals surface area contributed by atoms with Crippen molar-refractivity contribution in [2.45, 2.75) is 38.0 Å². The molecule has 1 aliphatic heterocycles. The second-order valence-electron chi connectivity index (χ2n) is 5.85. The molecule has 0 saturated carbocycles. The Labute approximate surface area is 121 Å². The Morgan fingerprint density at radius 1 is 1.40 bits per heavy atom. The minimum absolute atomic E-state index is 0.488. The summed E-state index contributed by atoms with van der Waals surface area (Å²) in [5.74, 6) is -0.488. The van der Waals surface area contributed by atoms with E-state index in [0.717, 1.165) is 5.56 Å². The summed E-state index contributed by atoms with van der Waals surface area (Å²) in [5, 5.41) is 12.2. The van der Waals surface area contributed by atoms with Gasteiger partial charge in [-0.25, -0.2) is 8.93 Å². The number of hydrogen-bond acceptors (Lipinski definition) is 3. The highest BCUT2D eigenvalue weighted by atomic mass is 32.2. The molecule has 1 heterocycles. The molecule has 1 aliphatic rings. The molecule has 0 spiro atoms. The van der Waals surface area contributed by atoms with E-state index in [1.54, 1.807) is 32.9 Å². The molecule has 6 heteroatoms. The summed E-state index contributed by atoms with van der Waals surface area (Å²) in [6, 6.07) is 7.37. The quantitative estimate of drug-likeness (QED) is 0.870. The number of carbonyl (C=O) groups is 1. The van der Waals surface area contributed by atoms with Crippen LogP contribution in [0.5, 0.6) is 0 Å². The van der Waals surface area contributed by atoms with Gasteiger partial charge in [-0.1, -0.05) is 17.7 Å². The molecule has 20 heavy (non-hydrogen) atoms. The Morgan fingerprint density at radius 3 is 2.60 bits per heavy atom. The molecular formula is C14H17N3O2S. The number of anilines is 1. The fourth-order valence-electron chi connectivity index (χ4n) is 1.94. The van der Waals surface area contributed by atoms with Crippen LogP contribution in [0.25, 0.3) is 0 Å². The fraction of sp³-hybridized carbons (Fsp3) is 0.429. The molecule has 2 rings (SSSR count). The number of benzene rings is 1. The van der Waals surface area contributed by atoms with Crippen molar-refractivity contribution in [3.05, 3.63) is 29.3 Å². The zero-order chi connectivity index (χ0) is 15.1. The van der Waals surface area contributed by atoms with Crippen LogP contribution in [0.15, 0.2) is 18.2 Å². The van der Waals surface area contributed by atoms with E-state index in [0.29, 0.717) is 11.3 Å². The van der Waals surface area contributed by atoms with Crippen LogP contribution in [0.1, 0.15) is 31.9 Å². The minimum atomic E-state index is -1.60. The van der Waals surface area contributed by atoms with Gasteiger partial charge in [0.2, 0.25) is 5.54 Å². The Hall–Kier alpha value is -1.71. The lowest BCUT2D eigenvalue weighted by Gasteiger charge is -2.26. The summed E-state index contributed by atoms with van der Waals surface area (Å²) in [6.45, 7) is 7.23. The van der Waals surface area contributed by atoms with E-state index in [4.69, 9.17) is 0 Å². The third-order valence-electron chi connectivity index (χ3n) is 3.14. The molecule has 1 aromatic rings. The van der Waals surface area contributed by atoms with Gasteiger partial charge in [0.05, 0.1) is 15.7 Å². The molecule has 0 bridgehead atoms. The van der Waals surface area contributed by atoms with Crippen molar-refractivity contribution >= 4 is 22.6 Å². The van der Waals surface area contributed by atoms with Crippen LogP contribution < -0.4 is 10.0 Å². The molecule has 0 aromatic heterocycles. The Kier molecular flexibility index (Phi) is 3.44. The third kappa shape index (κ3) is 2.23. The summed E-state index contributed by atoms with van der Waals surface area (Å²) in [6.07, 6.45) is 0. The summed E-state index contributed by atoms with van der Waals surface area (Å²) in [7, 11) is -1.53. The number of rotatable bonds is 2. The second-order valence-corrected chi connectivity index (χ2v) is 7.81. The minimum Gasteiger partial charge on any atom is -0.323 e. The van der Waals surface area contributed by atoms with Crippen molar-refractivity contribution in [3.8, 4) is 6.07 Å². The first-order valence-corrected chi connectivity index (χ1v) is 7.39. The molecule has 2 atom stereocenters. The van der Waals surface area contributed by atoms with Gasteiger partial charge >= 0.3 is 0 Å². The molecule has 5 nitrogen and oxygen atoms in total. The first-order valence-electron chi connectivity index (χ1n) is 6.24. The smallest absolute Gasteiger partial charge is 0.265 e. The lowest BCUT2D eigenvalue weighted by molar-refractivity contribution is -0.119. The van der Waals surface area contributed by atoms with Crippen LogP contribution in [0.3, 0.4) is 0 Å². The monoisotopic (exact) mass is 291 g/mol. The number of nitrogens with one attached hydrogen (secondary N) is 2. The van der Waals surface area contributed by atoms with Gasteiger partial charge in [0.15, 0.2) is 0 Å². The third-order valence-corrected chi connectivity index (χ3v) is 4.74. The van der Waals surface area contributed by atoms with Crippen LogP contribution in [-0.2, 0) is 21.3 Å². The predicted molar refractivity (Wildman–Crippen MR) is 78.1 cm³/mol. The molecule has 0 aliphatic carbocycles. The molecule has 106 valence electrons. The number of nitrogens with zero attached hydrogens (tertiary/aromatic N) is 1. The Balaban J connectivity index is 2.52. The summed E-state index contributed by atoms with van der Waals surface area (Å²) in [5.41, 5.74) is 0.450.